The molecule has 0 spiro atoms. The van der Waals surface area contributed by atoms with E-state index in [-0.39, 0.29) is 5.82 Å². The van der Waals surface area contributed by atoms with Crippen LogP contribution in [-0.2, 0) is 0 Å². The van der Waals surface area contributed by atoms with Crippen molar-refractivity contribution in [2.75, 3.05) is 17.2 Å². The lowest BCUT2D eigenvalue weighted by Gasteiger charge is -2.03. The van der Waals surface area contributed by atoms with Crippen LogP contribution in [0.2, 0.25) is 0 Å². The van der Waals surface area contributed by atoms with Crippen molar-refractivity contribution in [2.24, 2.45) is 0 Å². The van der Waals surface area contributed by atoms with Gasteiger partial charge >= 0.3 is 0 Å². The first-order valence-electron chi connectivity index (χ1n) is 4.56. The molecule has 78 valence electrons. The molecular formula is C10H13N5. The minimum Gasteiger partial charge on any atom is -0.393 e. The Morgan fingerprint density at radius 2 is 1.67 bits per heavy atom. The maximum absolute atomic E-state index is 5.77. The van der Waals surface area contributed by atoms with Gasteiger partial charge in [-0.05, 0) is 19.1 Å². The Morgan fingerprint density at radius 1 is 1.07 bits per heavy atom. The fraction of sp³-hybridized carbons (Fsp3) is 0.100. The smallest absolute Gasteiger partial charge is 0.171 e. The van der Waals surface area contributed by atoms with Crippen LogP contribution >= 0.6 is 0 Å². The lowest BCUT2D eigenvalue weighted by atomic mass is 10.2. The van der Waals surface area contributed by atoms with Gasteiger partial charge in [-0.25, -0.2) is 4.68 Å². The predicted octanol–water partition coefficient (Wildman–Crippen LogP) is 0.927. The van der Waals surface area contributed by atoms with E-state index in [9.17, 15) is 0 Å². The van der Waals surface area contributed by atoms with E-state index in [2.05, 4.69) is 5.10 Å². The molecule has 0 aliphatic carbocycles. The highest BCUT2D eigenvalue weighted by molar-refractivity contribution is 5.73. The number of nitrogens with zero attached hydrogens (tertiary/aromatic N) is 2. The molecule has 2 aromatic rings. The van der Waals surface area contributed by atoms with Crippen molar-refractivity contribution in [3.8, 4) is 5.69 Å². The number of anilines is 3. The third-order valence-corrected chi connectivity index (χ3v) is 2.27. The summed E-state index contributed by atoms with van der Waals surface area (Å²) in [6.07, 6.45) is 0. The van der Waals surface area contributed by atoms with Gasteiger partial charge in [0.1, 0.15) is 5.69 Å². The minimum atomic E-state index is 0.257. The van der Waals surface area contributed by atoms with Gasteiger partial charge in [-0.2, -0.15) is 0 Å². The normalized spacial score (nSPS) is 10.5. The molecule has 1 heterocycles. The number of nitrogen functional groups attached to an aromatic ring is 3. The van der Waals surface area contributed by atoms with Gasteiger partial charge in [-0.15, -0.1) is 5.10 Å². The third-order valence-electron chi connectivity index (χ3n) is 2.27. The Morgan fingerprint density at radius 3 is 2.13 bits per heavy atom. The fourth-order valence-electron chi connectivity index (χ4n) is 1.34. The van der Waals surface area contributed by atoms with Gasteiger partial charge in [0.15, 0.2) is 11.6 Å². The van der Waals surface area contributed by atoms with Gasteiger partial charge in [0.2, 0.25) is 0 Å². The van der Waals surface area contributed by atoms with Crippen molar-refractivity contribution in [1.82, 2.24) is 9.78 Å². The van der Waals surface area contributed by atoms with Crippen molar-refractivity contribution >= 4 is 17.3 Å². The van der Waals surface area contributed by atoms with E-state index in [1.54, 1.807) is 0 Å². The second-order valence-corrected chi connectivity index (χ2v) is 3.43. The number of hydrogen-bond donors (Lipinski definition) is 3. The predicted molar refractivity (Wildman–Crippen MR) is 61.5 cm³/mol. The molecule has 2 rings (SSSR count). The van der Waals surface area contributed by atoms with Crippen LogP contribution in [0.3, 0.4) is 0 Å². The number of hydrogen-bond acceptors (Lipinski definition) is 4. The summed E-state index contributed by atoms with van der Waals surface area (Å²) in [5.41, 5.74) is 19.3. The van der Waals surface area contributed by atoms with Crippen LogP contribution in [0, 0.1) is 6.92 Å². The number of aryl methyl sites for hydroxylation is 1. The van der Waals surface area contributed by atoms with E-state index in [4.69, 9.17) is 17.2 Å². The van der Waals surface area contributed by atoms with E-state index in [0.29, 0.717) is 11.5 Å². The summed E-state index contributed by atoms with van der Waals surface area (Å²) in [7, 11) is 0. The van der Waals surface area contributed by atoms with Gasteiger partial charge in [-0.3, -0.25) is 0 Å². The molecule has 0 unspecified atom stereocenters. The SMILES string of the molecule is Cc1ccc(-n2nc(N)c(N)c2N)cc1. The first kappa shape index (κ1) is 9.39. The van der Waals surface area contributed by atoms with Crippen LogP contribution in [0.5, 0.6) is 0 Å². The van der Waals surface area contributed by atoms with Crippen LogP contribution in [0.1, 0.15) is 5.56 Å². The molecule has 5 heteroatoms. The highest BCUT2D eigenvalue weighted by Crippen LogP contribution is 2.24. The molecule has 0 fully saturated rings. The highest BCUT2D eigenvalue weighted by atomic mass is 15.3. The van der Waals surface area contributed by atoms with Gasteiger partial charge in [0.05, 0.1) is 5.69 Å². The van der Waals surface area contributed by atoms with E-state index in [1.807, 2.05) is 31.2 Å². The lowest BCUT2D eigenvalue weighted by molar-refractivity contribution is 0.896. The molecular weight excluding hydrogens is 190 g/mol. The highest BCUT2D eigenvalue weighted by Gasteiger charge is 2.10. The zero-order valence-electron chi connectivity index (χ0n) is 8.44. The van der Waals surface area contributed by atoms with Crippen LogP contribution in [0.4, 0.5) is 17.3 Å². The molecule has 0 saturated carbocycles. The summed E-state index contributed by atoms with van der Waals surface area (Å²) in [6.45, 7) is 2.01. The molecule has 5 nitrogen and oxygen atoms in total. The molecule has 0 radical (unpaired) electrons. The summed E-state index contributed by atoms with van der Waals surface area (Å²) in [6, 6.07) is 7.78. The van der Waals surface area contributed by atoms with Crippen LogP contribution < -0.4 is 17.2 Å². The molecule has 6 N–H and O–H groups in total. The second kappa shape index (κ2) is 3.20. The maximum Gasteiger partial charge on any atom is 0.171 e. The van der Waals surface area contributed by atoms with Gasteiger partial charge in [0, 0.05) is 0 Å². The molecule has 0 atom stereocenters. The van der Waals surface area contributed by atoms with E-state index in [1.165, 1.54) is 10.2 Å². The van der Waals surface area contributed by atoms with Gasteiger partial charge < -0.3 is 17.2 Å². The monoisotopic (exact) mass is 203 g/mol. The molecule has 15 heavy (non-hydrogen) atoms. The Balaban J connectivity index is 2.54. The van der Waals surface area contributed by atoms with Crippen molar-refractivity contribution in [2.45, 2.75) is 6.92 Å². The zero-order valence-corrected chi connectivity index (χ0v) is 8.44. The Bertz CT molecular complexity index is 483. The first-order valence-corrected chi connectivity index (χ1v) is 4.56. The average Bonchev–Trinajstić information content (AvgIpc) is 2.47. The number of nitrogens with two attached hydrogens (primary N) is 3. The van der Waals surface area contributed by atoms with E-state index in [0.717, 1.165) is 5.69 Å². The molecule has 0 saturated heterocycles. The molecule has 0 aliphatic heterocycles. The van der Waals surface area contributed by atoms with E-state index < -0.39 is 0 Å². The Labute approximate surface area is 87.5 Å². The maximum atomic E-state index is 5.77. The van der Waals surface area contributed by atoms with Gasteiger partial charge in [-0.1, -0.05) is 17.7 Å². The van der Waals surface area contributed by atoms with Crippen LogP contribution in [0.15, 0.2) is 24.3 Å². The van der Waals surface area contributed by atoms with Crippen molar-refractivity contribution < 1.29 is 0 Å². The number of rotatable bonds is 1. The molecule has 0 bridgehead atoms. The molecule has 0 amide bonds. The Kier molecular flexibility index (Phi) is 2.00. The summed E-state index contributed by atoms with van der Waals surface area (Å²) >= 11 is 0. The second-order valence-electron chi connectivity index (χ2n) is 3.43. The van der Waals surface area contributed by atoms with Gasteiger partial charge in [0.25, 0.3) is 0 Å². The van der Waals surface area contributed by atoms with Crippen molar-refractivity contribution in [1.29, 1.82) is 0 Å². The van der Waals surface area contributed by atoms with Crippen LogP contribution in [-0.4, -0.2) is 9.78 Å². The first-order chi connectivity index (χ1) is 7.09. The van der Waals surface area contributed by atoms with Crippen LogP contribution in [0.25, 0.3) is 5.69 Å². The zero-order chi connectivity index (χ0) is 11.0. The Hall–Kier alpha value is -2.17. The summed E-state index contributed by atoms with van der Waals surface area (Å²) < 4.78 is 1.53. The summed E-state index contributed by atoms with van der Waals surface area (Å²) in [5.74, 6) is 0.629. The molecule has 1 aromatic carbocycles. The average molecular weight is 203 g/mol. The fourth-order valence-corrected chi connectivity index (χ4v) is 1.34. The third kappa shape index (κ3) is 1.48. The van der Waals surface area contributed by atoms with E-state index >= 15 is 0 Å². The minimum absolute atomic E-state index is 0.257. The number of benzene rings is 1. The lowest BCUT2D eigenvalue weighted by Crippen LogP contribution is -2.02. The number of aromatic nitrogens is 2. The summed E-state index contributed by atoms with van der Waals surface area (Å²) in [4.78, 5) is 0. The largest absolute Gasteiger partial charge is 0.393 e. The van der Waals surface area contributed by atoms with Crippen molar-refractivity contribution in [3.63, 3.8) is 0 Å². The standard InChI is InChI=1S/C10H13N5/c1-6-2-4-7(5-3-6)15-10(13)8(11)9(12)14-15/h2-5H,11,13H2,1H3,(H2,12,14). The van der Waals surface area contributed by atoms with Crippen molar-refractivity contribution in [3.05, 3.63) is 29.8 Å². The molecule has 0 aliphatic rings. The topological polar surface area (TPSA) is 95.9 Å². The molecule has 1 aromatic heterocycles. The summed E-state index contributed by atoms with van der Waals surface area (Å²) in [5, 5.41) is 4.05. The quantitative estimate of drug-likeness (QED) is 0.642.